The van der Waals surface area contributed by atoms with Crippen molar-refractivity contribution in [3.63, 3.8) is 0 Å². The van der Waals surface area contributed by atoms with Crippen LogP contribution in [0.5, 0.6) is 0 Å². The van der Waals surface area contributed by atoms with Crippen LogP contribution in [0.3, 0.4) is 0 Å². The molecule has 0 aliphatic heterocycles. The molecule has 0 fully saturated rings. The van der Waals surface area contributed by atoms with Crippen LogP contribution in [0.4, 0.5) is 5.95 Å². The summed E-state index contributed by atoms with van der Waals surface area (Å²) in [5, 5.41) is 3.92. The van der Waals surface area contributed by atoms with E-state index in [2.05, 4.69) is 20.5 Å². The fraction of sp³-hybridized carbons (Fsp3) is 0.444. The van der Waals surface area contributed by atoms with Crippen LogP contribution in [-0.2, 0) is 0 Å². The van der Waals surface area contributed by atoms with Crippen molar-refractivity contribution in [1.82, 2.24) is 9.97 Å². The number of nitrogens with one attached hydrogen (secondary N) is 2. The molecule has 0 aromatic carbocycles. The summed E-state index contributed by atoms with van der Waals surface area (Å²) in [7, 11) is 0. The maximum atomic E-state index is 11.0. The van der Waals surface area contributed by atoms with E-state index >= 15 is 0 Å². The number of anilines is 1. The van der Waals surface area contributed by atoms with Crippen molar-refractivity contribution in [2.45, 2.75) is 20.8 Å². The predicted octanol–water partition coefficient (Wildman–Crippen LogP) is 1.13. The van der Waals surface area contributed by atoms with E-state index in [9.17, 15) is 4.79 Å². The maximum absolute atomic E-state index is 11.0. The van der Waals surface area contributed by atoms with Crippen LogP contribution < -0.4 is 11.0 Å². The summed E-state index contributed by atoms with van der Waals surface area (Å²) in [6.45, 7) is 5.78. The molecular formula is C9H14N4O. The first-order valence-corrected chi connectivity index (χ1v) is 4.45. The number of aromatic amines is 1. The number of aryl methyl sites for hydroxylation is 1. The van der Waals surface area contributed by atoms with Gasteiger partial charge in [0.1, 0.15) is 0 Å². The fourth-order valence-corrected chi connectivity index (χ4v) is 0.880. The van der Waals surface area contributed by atoms with Gasteiger partial charge in [0.25, 0.3) is 5.56 Å². The molecule has 0 unspecified atom stereocenters. The zero-order chi connectivity index (χ0) is 10.6. The lowest BCUT2D eigenvalue weighted by molar-refractivity contribution is 0.901. The highest BCUT2D eigenvalue weighted by atomic mass is 16.1. The number of H-pyrrole nitrogens is 1. The molecule has 76 valence electrons. The zero-order valence-electron chi connectivity index (χ0n) is 8.53. The molecule has 2 N–H and O–H groups in total. The second-order valence-corrected chi connectivity index (χ2v) is 3.37. The summed E-state index contributed by atoms with van der Waals surface area (Å²) in [6, 6.07) is 1.43. The van der Waals surface area contributed by atoms with Gasteiger partial charge in [0.05, 0.1) is 0 Å². The molecule has 5 heteroatoms. The molecule has 0 radical (unpaired) electrons. The largest absolute Gasteiger partial charge is 0.291 e. The molecule has 1 aromatic heterocycles. The SMILES string of the molecule is Cc1cc(=O)[nH]c(N/N=C\C(C)C)n1. The van der Waals surface area contributed by atoms with Gasteiger partial charge >= 0.3 is 0 Å². The third-order valence-electron chi connectivity index (χ3n) is 1.41. The first-order chi connectivity index (χ1) is 6.58. The average Bonchev–Trinajstić information content (AvgIpc) is 2.01. The molecule has 5 nitrogen and oxygen atoms in total. The third-order valence-corrected chi connectivity index (χ3v) is 1.41. The highest BCUT2D eigenvalue weighted by molar-refractivity contribution is 5.60. The molecule has 0 saturated carbocycles. The number of rotatable bonds is 3. The Morgan fingerprint density at radius 1 is 1.64 bits per heavy atom. The molecule has 0 spiro atoms. The van der Waals surface area contributed by atoms with E-state index in [4.69, 9.17) is 0 Å². The molecule has 0 saturated heterocycles. The molecule has 0 aliphatic carbocycles. The van der Waals surface area contributed by atoms with Crippen LogP contribution in [0, 0.1) is 12.8 Å². The van der Waals surface area contributed by atoms with Gasteiger partial charge in [0, 0.05) is 18.0 Å². The number of hydrogen-bond donors (Lipinski definition) is 2. The van der Waals surface area contributed by atoms with Crippen molar-refractivity contribution < 1.29 is 0 Å². The minimum Gasteiger partial charge on any atom is -0.291 e. The van der Waals surface area contributed by atoms with Crippen molar-refractivity contribution >= 4 is 12.2 Å². The van der Waals surface area contributed by atoms with E-state index in [1.165, 1.54) is 6.07 Å². The predicted molar refractivity (Wildman–Crippen MR) is 56.5 cm³/mol. The highest BCUT2D eigenvalue weighted by Crippen LogP contribution is 1.95. The van der Waals surface area contributed by atoms with Crippen molar-refractivity contribution in [2.75, 3.05) is 5.43 Å². The standard InChI is InChI=1S/C9H14N4O/c1-6(2)5-10-13-9-11-7(3)4-8(14)12-9/h4-6H,1-3H3,(H2,11,12,13,14)/b10-5-. The van der Waals surface area contributed by atoms with Crippen LogP contribution in [0.15, 0.2) is 16.0 Å². The fourth-order valence-electron chi connectivity index (χ4n) is 0.880. The van der Waals surface area contributed by atoms with Gasteiger partial charge in [-0.2, -0.15) is 5.10 Å². The molecule has 1 aromatic rings. The van der Waals surface area contributed by atoms with Gasteiger partial charge in [-0.1, -0.05) is 13.8 Å². The Hall–Kier alpha value is -1.65. The van der Waals surface area contributed by atoms with Crippen LogP contribution in [-0.4, -0.2) is 16.2 Å². The minimum atomic E-state index is -0.181. The number of hydrazone groups is 1. The Morgan fingerprint density at radius 3 is 2.93 bits per heavy atom. The van der Waals surface area contributed by atoms with E-state index in [-0.39, 0.29) is 5.56 Å². The van der Waals surface area contributed by atoms with Gasteiger partial charge in [-0.25, -0.2) is 10.4 Å². The third kappa shape index (κ3) is 3.38. The van der Waals surface area contributed by atoms with E-state index in [1.807, 2.05) is 13.8 Å². The Balaban J connectivity index is 2.72. The van der Waals surface area contributed by atoms with Crippen molar-refractivity contribution in [2.24, 2.45) is 11.0 Å². The lowest BCUT2D eigenvalue weighted by atomic mass is 10.3. The molecule has 1 heterocycles. The Bertz CT molecular complexity index is 381. The molecule has 0 aliphatic rings. The smallest absolute Gasteiger partial charge is 0.252 e. The summed E-state index contributed by atoms with van der Waals surface area (Å²) < 4.78 is 0. The molecule has 0 atom stereocenters. The summed E-state index contributed by atoms with van der Waals surface area (Å²) in [5.74, 6) is 0.728. The molecule has 1 rings (SSSR count). The second-order valence-electron chi connectivity index (χ2n) is 3.37. The van der Waals surface area contributed by atoms with Gasteiger partial charge in [0.2, 0.25) is 5.95 Å². The van der Waals surface area contributed by atoms with Crippen LogP contribution in [0.25, 0.3) is 0 Å². The van der Waals surface area contributed by atoms with Crippen LogP contribution >= 0.6 is 0 Å². The van der Waals surface area contributed by atoms with Crippen LogP contribution in [0.2, 0.25) is 0 Å². The summed E-state index contributed by atoms with van der Waals surface area (Å²) >= 11 is 0. The zero-order valence-corrected chi connectivity index (χ0v) is 8.53. The first kappa shape index (κ1) is 10.4. The second kappa shape index (κ2) is 4.55. The number of nitrogens with zero attached hydrogens (tertiary/aromatic N) is 2. The highest BCUT2D eigenvalue weighted by Gasteiger charge is 1.94. The lowest BCUT2D eigenvalue weighted by Gasteiger charge is -1.99. The summed E-state index contributed by atoms with van der Waals surface area (Å²) in [4.78, 5) is 17.6. The summed E-state index contributed by atoms with van der Waals surface area (Å²) in [5.41, 5.74) is 3.14. The van der Waals surface area contributed by atoms with Crippen molar-refractivity contribution in [3.05, 3.63) is 22.1 Å². The molecule has 14 heavy (non-hydrogen) atoms. The molecule has 0 amide bonds. The molecule has 0 bridgehead atoms. The monoisotopic (exact) mass is 194 g/mol. The Labute approximate surface area is 82.3 Å². The minimum absolute atomic E-state index is 0.181. The van der Waals surface area contributed by atoms with Gasteiger partial charge in [-0.3, -0.25) is 9.78 Å². The number of hydrogen-bond acceptors (Lipinski definition) is 4. The van der Waals surface area contributed by atoms with E-state index < -0.39 is 0 Å². The maximum Gasteiger partial charge on any atom is 0.252 e. The van der Waals surface area contributed by atoms with Gasteiger partial charge in [0.15, 0.2) is 0 Å². The average molecular weight is 194 g/mol. The van der Waals surface area contributed by atoms with E-state index in [0.29, 0.717) is 17.6 Å². The van der Waals surface area contributed by atoms with Crippen molar-refractivity contribution in [1.29, 1.82) is 0 Å². The Morgan fingerprint density at radius 2 is 2.36 bits per heavy atom. The Kier molecular flexibility index (Phi) is 3.39. The summed E-state index contributed by atoms with van der Waals surface area (Å²) in [6.07, 6.45) is 1.74. The van der Waals surface area contributed by atoms with Crippen molar-refractivity contribution in [3.8, 4) is 0 Å². The van der Waals surface area contributed by atoms with Crippen LogP contribution in [0.1, 0.15) is 19.5 Å². The first-order valence-electron chi connectivity index (χ1n) is 4.45. The molecular weight excluding hydrogens is 180 g/mol. The normalized spacial score (nSPS) is 11.1. The van der Waals surface area contributed by atoms with Gasteiger partial charge in [-0.05, 0) is 12.8 Å². The topological polar surface area (TPSA) is 70.1 Å². The lowest BCUT2D eigenvalue weighted by Crippen LogP contribution is -2.10. The van der Waals surface area contributed by atoms with Gasteiger partial charge < -0.3 is 0 Å². The van der Waals surface area contributed by atoms with E-state index in [0.717, 1.165) is 0 Å². The van der Waals surface area contributed by atoms with E-state index in [1.54, 1.807) is 13.1 Å². The quantitative estimate of drug-likeness (QED) is 0.559. The number of aromatic nitrogens is 2. The van der Waals surface area contributed by atoms with Gasteiger partial charge in [-0.15, -0.1) is 0 Å².